The van der Waals surface area contributed by atoms with E-state index in [1.165, 1.54) is 0 Å². The van der Waals surface area contributed by atoms with Crippen LogP contribution in [-0.2, 0) is 14.8 Å². The van der Waals surface area contributed by atoms with Crippen LogP contribution in [0.15, 0.2) is 0 Å². The zero-order valence-electron chi connectivity index (χ0n) is 10.6. The van der Waals surface area contributed by atoms with Crippen molar-refractivity contribution in [1.29, 1.82) is 0 Å². The normalized spacial score (nSPS) is 30.1. The van der Waals surface area contributed by atoms with E-state index in [0.717, 1.165) is 19.5 Å². The Balaban J connectivity index is 1.91. The second-order valence-corrected chi connectivity index (χ2v) is 7.16. The Morgan fingerprint density at radius 3 is 2.88 bits per heavy atom. The van der Waals surface area contributed by atoms with E-state index < -0.39 is 10.0 Å². The lowest BCUT2D eigenvalue weighted by Gasteiger charge is -2.22. The van der Waals surface area contributed by atoms with Gasteiger partial charge >= 0.3 is 0 Å². The molecule has 0 aromatic carbocycles. The van der Waals surface area contributed by atoms with Crippen LogP contribution in [-0.4, -0.2) is 56.9 Å². The van der Waals surface area contributed by atoms with Gasteiger partial charge in [-0.25, -0.2) is 8.42 Å². The summed E-state index contributed by atoms with van der Waals surface area (Å²) in [6, 6.07) is 0.180. The highest BCUT2D eigenvalue weighted by Gasteiger charge is 2.42. The first-order valence-corrected chi connectivity index (χ1v) is 7.93. The van der Waals surface area contributed by atoms with Gasteiger partial charge in [0.05, 0.1) is 18.5 Å². The van der Waals surface area contributed by atoms with Crippen LogP contribution in [0.4, 0.5) is 0 Å². The third kappa shape index (κ3) is 2.99. The Bertz CT molecular complexity index is 356. The van der Waals surface area contributed by atoms with Crippen molar-refractivity contribution in [2.45, 2.75) is 32.4 Å². The Hall–Kier alpha value is -0.170. The lowest BCUT2D eigenvalue weighted by atomic mass is 10.1. The summed E-state index contributed by atoms with van der Waals surface area (Å²) in [4.78, 5) is 0. The van der Waals surface area contributed by atoms with Crippen molar-refractivity contribution < 1.29 is 13.2 Å². The van der Waals surface area contributed by atoms with Gasteiger partial charge in [0.1, 0.15) is 0 Å². The molecule has 0 bridgehead atoms. The van der Waals surface area contributed by atoms with Crippen molar-refractivity contribution in [2.75, 3.05) is 32.0 Å². The second kappa shape index (κ2) is 5.22. The van der Waals surface area contributed by atoms with Gasteiger partial charge in [-0.05, 0) is 32.7 Å². The Labute approximate surface area is 104 Å². The molecule has 0 spiro atoms. The number of nitrogens with one attached hydrogen (secondary N) is 1. The number of nitrogens with zero attached hydrogens (tertiary/aromatic N) is 1. The first kappa shape index (κ1) is 13.3. The number of hydrogen-bond donors (Lipinski definition) is 1. The molecule has 0 unspecified atom stereocenters. The minimum atomic E-state index is -3.14. The van der Waals surface area contributed by atoms with Crippen LogP contribution in [0.1, 0.15) is 20.3 Å². The summed E-state index contributed by atoms with van der Waals surface area (Å²) < 4.78 is 31.4. The SMILES string of the molecule is CC(C)OCCS(=O)(=O)N1CC[C@H]2CNC[C@H]21. The van der Waals surface area contributed by atoms with Crippen molar-refractivity contribution in [2.24, 2.45) is 5.92 Å². The Kier molecular flexibility index (Phi) is 4.07. The Morgan fingerprint density at radius 1 is 1.41 bits per heavy atom. The van der Waals surface area contributed by atoms with E-state index in [1.54, 1.807) is 4.31 Å². The maximum absolute atomic E-state index is 12.2. The predicted octanol–water partition coefficient (Wildman–Crippen LogP) is 0.0349. The van der Waals surface area contributed by atoms with Crippen LogP contribution in [0.2, 0.25) is 0 Å². The molecule has 0 amide bonds. The molecule has 6 heteroatoms. The van der Waals surface area contributed by atoms with E-state index in [-0.39, 0.29) is 17.9 Å². The van der Waals surface area contributed by atoms with Gasteiger partial charge < -0.3 is 10.1 Å². The third-order valence-corrected chi connectivity index (χ3v) is 5.39. The summed E-state index contributed by atoms with van der Waals surface area (Å²) >= 11 is 0. The minimum absolute atomic E-state index is 0.0877. The van der Waals surface area contributed by atoms with Crippen LogP contribution in [0.3, 0.4) is 0 Å². The van der Waals surface area contributed by atoms with Crippen LogP contribution >= 0.6 is 0 Å². The van der Waals surface area contributed by atoms with E-state index in [9.17, 15) is 8.42 Å². The molecule has 17 heavy (non-hydrogen) atoms. The van der Waals surface area contributed by atoms with E-state index in [2.05, 4.69) is 5.32 Å². The average Bonchev–Trinajstić information content (AvgIpc) is 2.75. The quantitative estimate of drug-likeness (QED) is 0.760. The minimum Gasteiger partial charge on any atom is -0.378 e. The fourth-order valence-corrected chi connectivity index (χ4v) is 4.25. The van der Waals surface area contributed by atoms with Crippen LogP contribution in [0.25, 0.3) is 0 Å². The van der Waals surface area contributed by atoms with Crippen LogP contribution in [0.5, 0.6) is 0 Å². The molecule has 2 aliphatic rings. The lowest BCUT2D eigenvalue weighted by molar-refractivity contribution is 0.0906. The molecule has 0 aromatic heterocycles. The first-order chi connectivity index (χ1) is 8.00. The van der Waals surface area contributed by atoms with Gasteiger partial charge in [-0.3, -0.25) is 0 Å². The van der Waals surface area contributed by atoms with Crippen LogP contribution in [0, 0.1) is 5.92 Å². The monoisotopic (exact) mass is 262 g/mol. The fraction of sp³-hybridized carbons (Fsp3) is 1.00. The molecule has 1 N–H and O–H groups in total. The highest BCUT2D eigenvalue weighted by Crippen LogP contribution is 2.29. The summed E-state index contributed by atoms with van der Waals surface area (Å²) in [5.74, 6) is 0.616. The van der Waals surface area contributed by atoms with Crippen molar-refractivity contribution in [3.05, 3.63) is 0 Å². The van der Waals surface area contributed by atoms with Crippen LogP contribution < -0.4 is 5.32 Å². The number of fused-ring (bicyclic) bond motifs is 1. The standard InChI is InChI=1S/C11H22N2O3S/c1-9(2)16-5-6-17(14,15)13-4-3-10-7-12-8-11(10)13/h9-12H,3-8H2,1-2H3/t10-,11+/m0/s1. The zero-order valence-corrected chi connectivity index (χ0v) is 11.4. The lowest BCUT2D eigenvalue weighted by Crippen LogP contribution is -2.41. The highest BCUT2D eigenvalue weighted by molar-refractivity contribution is 7.89. The molecule has 2 atom stereocenters. The molecule has 0 aliphatic carbocycles. The van der Waals surface area contributed by atoms with Gasteiger partial charge in [-0.15, -0.1) is 0 Å². The summed E-state index contributed by atoms with van der Waals surface area (Å²) in [6.07, 6.45) is 1.08. The maximum atomic E-state index is 12.2. The number of rotatable bonds is 5. The summed E-state index contributed by atoms with van der Waals surface area (Å²) in [6.45, 7) is 6.56. The average molecular weight is 262 g/mol. The van der Waals surface area contributed by atoms with Crippen molar-refractivity contribution in [3.63, 3.8) is 0 Å². The van der Waals surface area contributed by atoms with E-state index in [0.29, 0.717) is 19.1 Å². The molecule has 2 rings (SSSR count). The zero-order chi connectivity index (χ0) is 12.5. The summed E-state index contributed by atoms with van der Waals surface area (Å²) in [5.41, 5.74) is 0. The van der Waals surface area contributed by atoms with E-state index in [1.807, 2.05) is 13.8 Å². The van der Waals surface area contributed by atoms with Gasteiger partial charge in [0, 0.05) is 19.1 Å². The molecule has 2 heterocycles. The molecular weight excluding hydrogens is 240 g/mol. The molecule has 0 radical (unpaired) electrons. The summed E-state index contributed by atoms with van der Waals surface area (Å²) in [5, 5.41) is 3.26. The summed E-state index contributed by atoms with van der Waals surface area (Å²) in [7, 11) is -3.14. The molecule has 2 aliphatic heterocycles. The molecule has 5 nitrogen and oxygen atoms in total. The second-order valence-electron chi connectivity index (χ2n) is 5.12. The van der Waals surface area contributed by atoms with E-state index >= 15 is 0 Å². The largest absolute Gasteiger partial charge is 0.378 e. The van der Waals surface area contributed by atoms with Crippen molar-refractivity contribution in [3.8, 4) is 0 Å². The number of ether oxygens (including phenoxy) is 1. The van der Waals surface area contributed by atoms with Gasteiger partial charge in [-0.2, -0.15) is 4.31 Å². The smallest absolute Gasteiger partial charge is 0.216 e. The van der Waals surface area contributed by atoms with Gasteiger partial charge in [-0.1, -0.05) is 0 Å². The van der Waals surface area contributed by atoms with E-state index in [4.69, 9.17) is 4.74 Å². The van der Waals surface area contributed by atoms with Gasteiger partial charge in [0.25, 0.3) is 0 Å². The van der Waals surface area contributed by atoms with Gasteiger partial charge in [0.2, 0.25) is 10.0 Å². The molecular formula is C11H22N2O3S. The molecule has 100 valence electrons. The first-order valence-electron chi connectivity index (χ1n) is 6.32. The molecule has 0 saturated carbocycles. The molecule has 0 aromatic rings. The third-order valence-electron chi connectivity index (χ3n) is 3.54. The maximum Gasteiger partial charge on any atom is 0.216 e. The molecule has 2 saturated heterocycles. The predicted molar refractivity (Wildman–Crippen MR) is 66.3 cm³/mol. The fourth-order valence-electron chi connectivity index (χ4n) is 2.66. The van der Waals surface area contributed by atoms with Gasteiger partial charge in [0.15, 0.2) is 0 Å². The number of sulfonamides is 1. The highest BCUT2D eigenvalue weighted by atomic mass is 32.2. The topological polar surface area (TPSA) is 58.6 Å². The van der Waals surface area contributed by atoms with Crippen molar-refractivity contribution >= 4 is 10.0 Å². The Morgan fingerprint density at radius 2 is 2.18 bits per heavy atom. The molecule has 2 fully saturated rings. The van der Waals surface area contributed by atoms with Crippen molar-refractivity contribution in [1.82, 2.24) is 9.62 Å². The number of hydrogen-bond acceptors (Lipinski definition) is 4.